The Kier molecular flexibility index (Phi) is 5.22. The molecule has 0 aliphatic rings. The SMILES string of the molecule is FC(F)(F)c1ccccc1Nc1nncc(NCc2ccccc2Cl)n1. The molecule has 0 saturated carbocycles. The van der Waals surface area contributed by atoms with Gasteiger partial charge in [0.25, 0.3) is 0 Å². The number of hydrogen-bond acceptors (Lipinski definition) is 5. The van der Waals surface area contributed by atoms with Gasteiger partial charge in [-0.3, -0.25) is 0 Å². The van der Waals surface area contributed by atoms with Crippen LogP contribution in [0.2, 0.25) is 5.02 Å². The van der Waals surface area contributed by atoms with E-state index in [0.717, 1.165) is 11.6 Å². The molecule has 0 radical (unpaired) electrons. The Morgan fingerprint density at radius 2 is 1.73 bits per heavy atom. The Hall–Kier alpha value is -2.87. The third-order valence-electron chi connectivity index (χ3n) is 3.46. The quantitative estimate of drug-likeness (QED) is 0.660. The molecule has 9 heteroatoms. The van der Waals surface area contributed by atoms with Gasteiger partial charge >= 0.3 is 6.18 Å². The molecular weight excluding hydrogens is 367 g/mol. The van der Waals surface area contributed by atoms with Gasteiger partial charge in [-0.1, -0.05) is 41.9 Å². The van der Waals surface area contributed by atoms with Crippen LogP contribution < -0.4 is 10.6 Å². The molecule has 2 N–H and O–H groups in total. The summed E-state index contributed by atoms with van der Waals surface area (Å²) in [6, 6.07) is 12.4. The molecule has 0 unspecified atom stereocenters. The Morgan fingerprint density at radius 3 is 2.50 bits per heavy atom. The van der Waals surface area contributed by atoms with Gasteiger partial charge in [-0.2, -0.15) is 23.3 Å². The maximum atomic E-state index is 13.1. The number of aromatic nitrogens is 3. The fraction of sp³-hybridized carbons (Fsp3) is 0.118. The lowest BCUT2D eigenvalue weighted by Gasteiger charge is -2.13. The predicted molar refractivity (Wildman–Crippen MR) is 93.3 cm³/mol. The van der Waals surface area contributed by atoms with Crippen LogP contribution in [0.4, 0.5) is 30.6 Å². The average molecular weight is 380 g/mol. The van der Waals surface area contributed by atoms with Crippen LogP contribution in [0.1, 0.15) is 11.1 Å². The third kappa shape index (κ3) is 4.40. The fourth-order valence-electron chi connectivity index (χ4n) is 2.23. The highest BCUT2D eigenvalue weighted by molar-refractivity contribution is 6.31. The lowest BCUT2D eigenvalue weighted by Crippen LogP contribution is -2.10. The van der Waals surface area contributed by atoms with Gasteiger partial charge in [0.15, 0.2) is 5.82 Å². The summed E-state index contributed by atoms with van der Waals surface area (Å²) in [5.74, 6) is 0.303. The number of nitrogens with zero attached hydrogens (tertiary/aromatic N) is 3. The van der Waals surface area contributed by atoms with Crippen molar-refractivity contribution in [1.82, 2.24) is 15.2 Å². The van der Waals surface area contributed by atoms with Crippen LogP contribution in [0.25, 0.3) is 0 Å². The molecule has 5 nitrogen and oxygen atoms in total. The maximum Gasteiger partial charge on any atom is 0.418 e. The van der Waals surface area contributed by atoms with Crippen molar-refractivity contribution in [2.45, 2.75) is 12.7 Å². The fourth-order valence-corrected chi connectivity index (χ4v) is 2.43. The first kappa shape index (κ1) is 17.9. The molecular formula is C17H13ClF3N5. The molecule has 26 heavy (non-hydrogen) atoms. The molecule has 1 aromatic heterocycles. The standard InChI is InChI=1S/C17H13ClF3N5/c18-13-7-3-1-5-11(13)9-22-15-10-23-26-16(25-15)24-14-8-4-2-6-12(14)17(19,20)21/h1-8,10H,9H2,(H2,22,24,25,26). The van der Waals surface area contributed by atoms with E-state index < -0.39 is 11.7 Å². The van der Waals surface area contributed by atoms with Gasteiger partial charge in [0.1, 0.15) is 0 Å². The van der Waals surface area contributed by atoms with Gasteiger partial charge in [-0.25, -0.2) is 0 Å². The number of benzene rings is 2. The molecule has 3 rings (SSSR count). The molecule has 134 valence electrons. The summed E-state index contributed by atoms with van der Waals surface area (Å²) in [7, 11) is 0. The number of anilines is 3. The lowest BCUT2D eigenvalue weighted by molar-refractivity contribution is -0.136. The summed E-state index contributed by atoms with van der Waals surface area (Å²) >= 11 is 6.08. The third-order valence-corrected chi connectivity index (χ3v) is 3.82. The second-order valence-corrected chi connectivity index (χ2v) is 5.69. The molecule has 0 atom stereocenters. The van der Waals surface area contributed by atoms with Crippen molar-refractivity contribution in [3.8, 4) is 0 Å². The molecule has 0 aliphatic heterocycles. The Bertz CT molecular complexity index is 901. The van der Waals surface area contributed by atoms with Crippen LogP contribution >= 0.6 is 11.6 Å². The predicted octanol–water partition coefficient (Wildman–Crippen LogP) is 4.90. The van der Waals surface area contributed by atoms with E-state index in [1.807, 2.05) is 18.2 Å². The Balaban J connectivity index is 1.75. The smallest absolute Gasteiger partial charge is 0.364 e. The number of hydrogen-bond donors (Lipinski definition) is 2. The van der Waals surface area contributed by atoms with Crippen LogP contribution in [0.3, 0.4) is 0 Å². The molecule has 1 heterocycles. The first-order valence-corrected chi connectivity index (χ1v) is 7.91. The molecule has 0 bridgehead atoms. The van der Waals surface area contributed by atoms with Crippen molar-refractivity contribution in [2.24, 2.45) is 0 Å². The van der Waals surface area contributed by atoms with Crippen molar-refractivity contribution in [2.75, 3.05) is 10.6 Å². The number of rotatable bonds is 5. The van der Waals surface area contributed by atoms with Crippen molar-refractivity contribution in [3.63, 3.8) is 0 Å². The van der Waals surface area contributed by atoms with Crippen molar-refractivity contribution < 1.29 is 13.2 Å². The minimum atomic E-state index is -4.49. The lowest BCUT2D eigenvalue weighted by atomic mass is 10.1. The first-order valence-electron chi connectivity index (χ1n) is 7.54. The van der Waals surface area contributed by atoms with Crippen molar-refractivity contribution in [1.29, 1.82) is 0 Å². The van der Waals surface area contributed by atoms with E-state index in [4.69, 9.17) is 11.6 Å². The van der Waals surface area contributed by atoms with Gasteiger partial charge in [-0.15, -0.1) is 5.10 Å². The van der Waals surface area contributed by atoms with Crippen molar-refractivity contribution >= 4 is 29.1 Å². The second kappa shape index (κ2) is 7.57. The molecule has 0 spiro atoms. The Morgan fingerprint density at radius 1 is 1.00 bits per heavy atom. The number of para-hydroxylation sites is 1. The zero-order valence-electron chi connectivity index (χ0n) is 13.3. The largest absolute Gasteiger partial charge is 0.418 e. The second-order valence-electron chi connectivity index (χ2n) is 5.28. The minimum absolute atomic E-state index is 0.0501. The first-order chi connectivity index (χ1) is 12.4. The van der Waals surface area contributed by atoms with E-state index in [-0.39, 0.29) is 11.6 Å². The highest BCUT2D eigenvalue weighted by atomic mass is 35.5. The summed E-state index contributed by atoms with van der Waals surface area (Å²) in [4.78, 5) is 4.13. The van der Waals surface area contributed by atoms with Crippen LogP contribution in [0.5, 0.6) is 0 Å². The number of alkyl halides is 3. The van der Waals surface area contributed by atoms with Crippen molar-refractivity contribution in [3.05, 3.63) is 70.9 Å². The minimum Gasteiger partial charge on any atom is -0.364 e. The van der Waals surface area contributed by atoms with E-state index in [9.17, 15) is 13.2 Å². The van der Waals surface area contributed by atoms with E-state index in [2.05, 4.69) is 25.8 Å². The monoisotopic (exact) mass is 379 g/mol. The van der Waals surface area contributed by atoms with E-state index >= 15 is 0 Å². The Labute approximate surface area is 152 Å². The zero-order valence-corrected chi connectivity index (χ0v) is 14.0. The number of nitrogens with one attached hydrogen (secondary N) is 2. The molecule has 2 aromatic carbocycles. The van der Waals surface area contributed by atoms with Gasteiger partial charge < -0.3 is 10.6 Å². The van der Waals surface area contributed by atoms with Gasteiger partial charge in [0, 0.05) is 11.6 Å². The van der Waals surface area contributed by atoms with Crippen LogP contribution in [0.15, 0.2) is 54.7 Å². The highest BCUT2D eigenvalue weighted by Crippen LogP contribution is 2.35. The summed E-state index contributed by atoms with van der Waals surface area (Å²) in [5.41, 5.74) is -0.104. The van der Waals surface area contributed by atoms with Gasteiger partial charge in [0.2, 0.25) is 5.95 Å². The summed E-state index contributed by atoms with van der Waals surface area (Å²) in [6.45, 7) is 0.386. The normalized spacial score (nSPS) is 11.2. The zero-order chi connectivity index (χ0) is 18.6. The summed E-state index contributed by atoms with van der Waals surface area (Å²) in [6.07, 6.45) is -3.12. The molecule has 0 fully saturated rings. The van der Waals surface area contributed by atoms with Gasteiger partial charge in [-0.05, 0) is 23.8 Å². The van der Waals surface area contributed by atoms with E-state index in [0.29, 0.717) is 17.4 Å². The highest BCUT2D eigenvalue weighted by Gasteiger charge is 2.33. The summed E-state index contributed by atoms with van der Waals surface area (Å²) < 4.78 is 39.2. The topological polar surface area (TPSA) is 62.7 Å². The molecule has 0 amide bonds. The van der Waals surface area contributed by atoms with Crippen LogP contribution in [0, 0.1) is 0 Å². The average Bonchev–Trinajstić information content (AvgIpc) is 2.61. The van der Waals surface area contributed by atoms with E-state index in [1.54, 1.807) is 6.07 Å². The van der Waals surface area contributed by atoms with Crippen LogP contribution in [-0.2, 0) is 12.7 Å². The number of halogens is 4. The van der Waals surface area contributed by atoms with Gasteiger partial charge in [0.05, 0.1) is 17.4 Å². The summed E-state index contributed by atoms with van der Waals surface area (Å²) in [5, 5.41) is 13.6. The van der Waals surface area contributed by atoms with E-state index in [1.165, 1.54) is 24.4 Å². The maximum absolute atomic E-state index is 13.1. The molecule has 3 aromatic rings. The molecule has 0 aliphatic carbocycles. The molecule has 0 saturated heterocycles. The van der Waals surface area contributed by atoms with Crippen LogP contribution in [-0.4, -0.2) is 15.2 Å².